The summed E-state index contributed by atoms with van der Waals surface area (Å²) in [5.41, 5.74) is 15.6. The molecule has 0 saturated heterocycles. The van der Waals surface area contributed by atoms with Crippen molar-refractivity contribution in [3.8, 4) is 0 Å². The number of amides is 3. The molecule has 0 aliphatic rings. The third kappa shape index (κ3) is 3.44. The highest BCUT2D eigenvalue weighted by molar-refractivity contribution is 6.00. The molecule has 0 aromatic carbocycles. The van der Waals surface area contributed by atoms with Gasteiger partial charge >= 0.3 is 0 Å². The van der Waals surface area contributed by atoms with Crippen LogP contribution in [0.5, 0.6) is 0 Å². The van der Waals surface area contributed by atoms with Crippen molar-refractivity contribution in [3.63, 3.8) is 0 Å². The van der Waals surface area contributed by atoms with E-state index in [1.165, 1.54) is 12.3 Å². The standard InChI is InChI=1S/C10H13N5O3/c11-6-2-1-3-14-9(6)10(18)15(4-7(12)16)5-8(13)17/h1-3H,4-5,11H2,(H2,12,16)(H2,13,17). The lowest BCUT2D eigenvalue weighted by atomic mass is 10.2. The van der Waals surface area contributed by atoms with E-state index < -0.39 is 30.8 Å². The minimum Gasteiger partial charge on any atom is -0.397 e. The van der Waals surface area contributed by atoms with Gasteiger partial charge in [-0.25, -0.2) is 4.98 Å². The van der Waals surface area contributed by atoms with Gasteiger partial charge in [0.15, 0.2) is 5.69 Å². The average molecular weight is 251 g/mol. The van der Waals surface area contributed by atoms with Gasteiger partial charge in [-0.05, 0) is 12.1 Å². The SMILES string of the molecule is NC(=O)CN(CC(N)=O)C(=O)c1ncccc1N. The quantitative estimate of drug-likeness (QED) is 0.558. The van der Waals surface area contributed by atoms with Crippen LogP contribution in [0.1, 0.15) is 10.5 Å². The molecule has 0 atom stereocenters. The molecule has 96 valence electrons. The predicted octanol–water partition coefficient (Wildman–Crippen LogP) is -1.92. The van der Waals surface area contributed by atoms with E-state index in [4.69, 9.17) is 17.2 Å². The lowest BCUT2D eigenvalue weighted by Gasteiger charge is -2.19. The molecule has 1 rings (SSSR count). The van der Waals surface area contributed by atoms with Crippen molar-refractivity contribution < 1.29 is 14.4 Å². The van der Waals surface area contributed by atoms with Crippen LogP contribution in [0.2, 0.25) is 0 Å². The summed E-state index contributed by atoms with van der Waals surface area (Å²) in [4.78, 5) is 38.4. The Hall–Kier alpha value is -2.64. The Morgan fingerprint density at radius 3 is 2.17 bits per heavy atom. The van der Waals surface area contributed by atoms with Gasteiger partial charge in [0.2, 0.25) is 11.8 Å². The minimum absolute atomic E-state index is 0.0556. The van der Waals surface area contributed by atoms with Crippen LogP contribution < -0.4 is 17.2 Å². The second kappa shape index (κ2) is 5.62. The van der Waals surface area contributed by atoms with Crippen molar-refractivity contribution in [1.29, 1.82) is 0 Å². The fourth-order valence-electron chi connectivity index (χ4n) is 1.32. The fraction of sp³-hybridized carbons (Fsp3) is 0.200. The minimum atomic E-state index is -0.765. The molecule has 0 saturated carbocycles. The van der Waals surface area contributed by atoms with Gasteiger partial charge in [-0.3, -0.25) is 14.4 Å². The molecule has 18 heavy (non-hydrogen) atoms. The number of primary amides is 2. The number of carbonyl (C=O) groups is 3. The van der Waals surface area contributed by atoms with Crippen molar-refractivity contribution in [3.05, 3.63) is 24.0 Å². The van der Waals surface area contributed by atoms with Gasteiger partial charge in [0.25, 0.3) is 5.91 Å². The summed E-state index contributed by atoms with van der Waals surface area (Å²) in [6.07, 6.45) is 1.37. The Morgan fingerprint density at radius 2 is 1.72 bits per heavy atom. The summed E-state index contributed by atoms with van der Waals surface area (Å²) in [6.45, 7) is -0.866. The highest BCUT2D eigenvalue weighted by Gasteiger charge is 2.22. The number of nitrogens with two attached hydrogens (primary N) is 3. The first-order valence-corrected chi connectivity index (χ1v) is 4.98. The molecule has 1 aromatic heterocycles. The van der Waals surface area contributed by atoms with E-state index >= 15 is 0 Å². The van der Waals surface area contributed by atoms with Crippen molar-refractivity contribution in [1.82, 2.24) is 9.88 Å². The summed E-state index contributed by atoms with van der Waals surface area (Å²) in [5.74, 6) is -2.20. The van der Waals surface area contributed by atoms with E-state index in [0.717, 1.165) is 4.90 Å². The predicted molar refractivity (Wildman–Crippen MR) is 62.9 cm³/mol. The van der Waals surface area contributed by atoms with E-state index in [0.29, 0.717) is 0 Å². The van der Waals surface area contributed by atoms with Crippen molar-refractivity contribution >= 4 is 23.4 Å². The molecule has 8 heteroatoms. The number of carbonyl (C=O) groups excluding carboxylic acids is 3. The zero-order valence-corrected chi connectivity index (χ0v) is 9.50. The second-order valence-corrected chi connectivity index (χ2v) is 3.54. The molecule has 8 nitrogen and oxygen atoms in total. The third-order valence-electron chi connectivity index (χ3n) is 2.02. The molecule has 3 amide bonds. The Balaban J connectivity index is 2.98. The third-order valence-corrected chi connectivity index (χ3v) is 2.02. The van der Waals surface area contributed by atoms with Crippen LogP contribution in [0.4, 0.5) is 5.69 Å². The largest absolute Gasteiger partial charge is 0.397 e. The molecule has 0 bridgehead atoms. The number of nitrogens with zero attached hydrogens (tertiary/aromatic N) is 2. The molecule has 0 unspecified atom stereocenters. The van der Waals surface area contributed by atoms with Gasteiger partial charge < -0.3 is 22.1 Å². The van der Waals surface area contributed by atoms with Gasteiger partial charge in [-0.1, -0.05) is 0 Å². The van der Waals surface area contributed by atoms with E-state index in [1.54, 1.807) is 6.07 Å². The molecule has 1 heterocycles. The Kier molecular flexibility index (Phi) is 4.19. The van der Waals surface area contributed by atoms with Crippen LogP contribution in [0.3, 0.4) is 0 Å². The number of hydrogen-bond donors (Lipinski definition) is 3. The number of anilines is 1. The Labute approximate surface area is 103 Å². The molecule has 0 aliphatic carbocycles. The van der Waals surface area contributed by atoms with Crippen molar-refractivity contribution in [2.24, 2.45) is 11.5 Å². The van der Waals surface area contributed by atoms with Crippen LogP contribution in [0.25, 0.3) is 0 Å². The maximum absolute atomic E-state index is 12.0. The summed E-state index contributed by atoms with van der Waals surface area (Å²) in [6, 6.07) is 3.03. The van der Waals surface area contributed by atoms with Crippen molar-refractivity contribution in [2.45, 2.75) is 0 Å². The maximum Gasteiger partial charge on any atom is 0.275 e. The summed E-state index contributed by atoms with van der Waals surface area (Å²) in [7, 11) is 0. The highest BCUT2D eigenvalue weighted by Crippen LogP contribution is 2.10. The van der Waals surface area contributed by atoms with E-state index in [1.807, 2.05) is 0 Å². The van der Waals surface area contributed by atoms with Gasteiger partial charge in [0.1, 0.15) is 13.1 Å². The van der Waals surface area contributed by atoms with Gasteiger partial charge in [0, 0.05) is 6.20 Å². The maximum atomic E-state index is 12.0. The Morgan fingerprint density at radius 1 is 1.17 bits per heavy atom. The van der Waals surface area contributed by atoms with Gasteiger partial charge in [-0.15, -0.1) is 0 Å². The molecule has 0 aliphatic heterocycles. The number of aromatic nitrogens is 1. The number of hydrogen-bond acceptors (Lipinski definition) is 5. The zero-order valence-electron chi connectivity index (χ0n) is 9.50. The molecular weight excluding hydrogens is 238 g/mol. The average Bonchev–Trinajstić information content (AvgIpc) is 2.26. The molecular formula is C10H13N5O3. The smallest absolute Gasteiger partial charge is 0.275 e. The first kappa shape index (κ1) is 13.4. The second-order valence-electron chi connectivity index (χ2n) is 3.54. The van der Waals surface area contributed by atoms with Crippen LogP contribution in [0.15, 0.2) is 18.3 Å². The summed E-state index contributed by atoms with van der Waals surface area (Å²) in [5, 5.41) is 0. The summed E-state index contributed by atoms with van der Waals surface area (Å²) < 4.78 is 0. The van der Waals surface area contributed by atoms with Crippen LogP contribution >= 0.6 is 0 Å². The number of nitrogen functional groups attached to an aromatic ring is 1. The molecule has 1 aromatic rings. The zero-order chi connectivity index (χ0) is 13.7. The van der Waals surface area contributed by atoms with Crippen LogP contribution in [-0.2, 0) is 9.59 Å². The van der Waals surface area contributed by atoms with Crippen LogP contribution in [0, 0.1) is 0 Å². The lowest BCUT2D eigenvalue weighted by Crippen LogP contribution is -2.43. The monoisotopic (exact) mass is 251 g/mol. The van der Waals surface area contributed by atoms with Gasteiger partial charge in [-0.2, -0.15) is 0 Å². The lowest BCUT2D eigenvalue weighted by molar-refractivity contribution is -0.121. The molecule has 0 fully saturated rings. The highest BCUT2D eigenvalue weighted by atomic mass is 16.2. The van der Waals surface area contributed by atoms with E-state index in [9.17, 15) is 14.4 Å². The first-order valence-electron chi connectivity index (χ1n) is 4.98. The number of pyridine rings is 1. The molecule has 0 spiro atoms. The van der Waals surface area contributed by atoms with E-state index in [-0.39, 0.29) is 11.4 Å². The summed E-state index contributed by atoms with van der Waals surface area (Å²) >= 11 is 0. The first-order chi connectivity index (χ1) is 8.41. The normalized spacial score (nSPS) is 9.78. The van der Waals surface area contributed by atoms with E-state index in [2.05, 4.69) is 4.98 Å². The fourth-order valence-corrected chi connectivity index (χ4v) is 1.32. The number of rotatable bonds is 5. The van der Waals surface area contributed by atoms with Gasteiger partial charge in [0.05, 0.1) is 5.69 Å². The Bertz CT molecular complexity index is 472. The van der Waals surface area contributed by atoms with Crippen LogP contribution in [-0.4, -0.2) is 40.7 Å². The molecule has 6 N–H and O–H groups in total. The molecule has 0 radical (unpaired) electrons. The van der Waals surface area contributed by atoms with Crippen molar-refractivity contribution in [2.75, 3.05) is 18.8 Å². The topological polar surface area (TPSA) is 145 Å².